The minimum atomic E-state index is -0.920. The Balaban J connectivity index is 0.000000381. The number of amides is 2. The molecule has 3 rings (SSSR count). The molecular formula is C37H59N3O9. The summed E-state index contributed by atoms with van der Waals surface area (Å²) in [4.78, 5) is 50.0. The van der Waals surface area contributed by atoms with Crippen molar-refractivity contribution >= 4 is 24.1 Å². The van der Waals surface area contributed by atoms with Crippen LogP contribution in [0.4, 0.5) is 9.59 Å². The van der Waals surface area contributed by atoms with Crippen molar-refractivity contribution in [1.82, 2.24) is 9.80 Å². The Morgan fingerprint density at radius 1 is 0.816 bits per heavy atom. The first-order valence-electron chi connectivity index (χ1n) is 16.8. The normalized spacial score (nSPS) is 21.4. The smallest absolute Gasteiger partial charge is 0.410 e. The van der Waals surface area contributed by atoms with Gasteiger partial charge < -0.3 is 40.3 Å². The van der Waals surface area contributed by atoms with Crippen LogP contribution in [0.3, 0.4) is 0 Å². The molecule has 2 aliphatic heterocycles. The van der Waals surface area contributed by atoms with E-state index in [-0.39, 0.29) is 25.7 Å². The molecule has 0 aliphatic carbocycles. The van der Waals surface area contributed by atoms with E-state index in [1.807, 2.05) is 30.3 Å². The zero-order valence-electron chi connectivity index (χ0n) is 30.3. The lowest BCUT2D eigenvalue weighted by molar-refractivity contribution is -0.153. The van der Waals surface area contributed by atoms with E-state index in [1.165, 1.54) is 15.4 Å². The van der Waals surface area contributed by atoms with Crippen LogP contribution in [0.25, 0.3) is 0 Å². The fourth-order valence-corrected chi connectivity index (χ4v) is 5.62. The van der Waals surface area contributed by atoms with Crippen molar-refractivity contribution in [3.8, 4) is 0 Å². The van der Waals surface area contributed by atoms with Gasteiger partial charge in [0, 0.05) is 32.2 Å². The highest BCUT2D eigenvalue weighted by atomic mass is 16.6. The first kappa shape index (κ1) is 43.1. The van der Waals surface area contributed by atoms with Gasteiger partial charge in [-0.25, -0.2) is 9.59 Å². The highest BCUT2D eigenvalue weighted by Crippen LogP contribution is 2.36. The number of hydrogen-bond acceptors (Lipinski definition) is 8. The van der Waals surface area contributed by atoms with Crippen LogP contribution in [0.5, 0.6) is 0 Å². The number of rotatable bonds is 9. The lowest BCUT2D eigenvalue weighted by Gasteiger charge is -2.39. The molecule has 0 saturated carbocycles. The second-order valence-corrected chi connectivity index (χ2v) is 14.8. The number of carbonyl (C=O) groups is 4. The quantitative estimate of drug-likeness (QED) is 0.229. The summed E-state index contributed by atoms with van der Waals surface area (Å²) in [5, 5.41) is 27.5. The molecule has 3 atom stereocenters. The van der Waals surface area contributed by atoms with Crippen LogP contribution in [0.15, 0.2) is 55.6 Å². The predicted octanol–water partition coefficient (Wildman–Crippen LogP) is 5.88. The van der Waals surface area contributed by atoms with Crippen molar-refractivity contribution in [3.05, 3.63) is 61.2 Å². The van der Waals surface area contributed by atoms with Crippen molar-refractivity contribution in [3.63, 3.8) is 0 Å². The van der Waals surface area contributed by atoms with E-state index in [0.29, 0.717) is 51.6 Å². The number of benzene rings is 1. The maximum Gasteiger partial charge on any atom is 0.410 e. The largest absolute Gasteiger partial charge is 0.481 e. The number of aliphatic carboxylic acids is 2. The fraction of sp³-hybridized carbons (Fsp3) is 0.622. The minimum Gasteiger partial charge on any atom is -0.481 e. The zero-order chi connectivity index (χ0) is 37.5. The maximum atomic E-state index is 12.0. The van der Waals surface area contributed by atoms with E-state index in [1.54, 1.807) is 53.7 Å². The Hall–Kier alpha value is -3.90. The lowest BCUT2D eigenvalue weighted by Crippen LogP contribution is -2.50. The summed E-state index contributed by atoms with van der Waals surface area (Å²) in [6.07, 6.45) is 6.25. The van der Waals surface area contributed by atoms with Crippen molar-refractivity contribution in [2.45, 2.75) is 104 Å². The number of nitrogens with zero attached hydrogens (tertiary/aromatic N) is 2. The number of carbonyl (C=O) groups excluding carboxylic acids is 2. The second kappa shape index (κ2) is 19.3. The average Bonchev–Trinajstić information content (AvgIpc) is 3.01. The summed E-state index contributed by atoms with van der Waals surface area (Å²) in [7, 11) is 0. The molecular weight excluding hydrogens is 630 g/mol. The molecule has 2 heterocycles. The van der Waals surface area contributed by atoms with Gasteiger partial charge in [0.1, 0.15) is 11.2 Å². The molecule has 12 heteroatoms. The second-order valence-electron chi connectivity index (χ2n) is 14.8. The van der Waals surface area contributed by atoms with Crippen LogP contribution in [0.1, 0.15) is 85.6 Å². The van der Waals surface area contributed by atoms with Crippen LogP contribution in [0.2, 0.25) is 0 Å². The van der Waals surface area contributed by atoms with Gasteiger partial charge in [0.05, 0.1) is 17.4 Å². The van der Waals surface area contributed by atoms with Gasteiger partial charge in [0.25, 0.3) is 0 Å². The van der Waals surface area contributed by atoms with E-state index < -0.39 is 46.2 Å². The number of carboxylic acids is 2. The molecule has 2 amide bonds. The van der Waals surface area contributed by atoms with Crippen molar-refractivity contribution in [2.24, 2.45) is 16.6 Å². The molecule has 12 nitrogen and oxygen atoms in total. The van der Waals surface area contributed by atoms with Crippen LogP contribution >= 0.6 is 0 Å². The average molecular weight is 690 g/mol. The molecule has 0 spiro atoms. The molecule has 2 fully saturated rings. The summed E-state index contributed by atoms with van der Waals surface area (Å²) >= 11 is 0. The van der Waals surface area contributed by atoms with Gasteiger partial charge >= 0.3 is 24.1 Å². The third-order valence-corrected chi connectivity index (χ3v) is 8.01. The van der Waals surface area contributed by atoms with E-state index in [2.05, 4.69) is 13.2 Å². The summed E-state index contributed by atoms with van der Waals surface area (Å²) in [5.41, 5.74) is 3.75. The number of nitrogens with two attached hydrogens (primary N) is 1. The number of carboxylic acid groups (broad SMARTS) is 2. The molecule has 276 valence electrons. The standard InChI is InChI=1S/2C14H23NO4.C9H13NO/c2*1-5-7-14(11(16)17)8-6-9-15(10-14)12(18)19-13(2,3)4;10-9(7-11)6-8-4-2-1-3-5-8/h2*5H,1,6-10H2,2-4H3,(H,16,17);1-5,9,11H,6-7,10H2/t;;9-/m..1/s1. The first-order chi connectivity index (χ1) is 22.7. The van der Waals surface area contributed by atoms with E-state index in [9.17, 15) is 29.4 Å². The van der Waals surface area contributed by atoms with Crippen LogP contribution < -0.4 is 5.73 Å². The summed E-state index contributed by atoms with van der Waals surface area (Å²) in [6, 6.07) is 9.80. The van der Waals surface area contributed by atoms with Gasteiger partial charge in [-0.2, -0.15) is 0 Å². The van der Waals surface area contributed by atoms with Crippen LogP contribution in [-0.4, -0.2) is 99.3 Å². The predicted molar refractivity (Wildman–Crippen MR) is 189 cm³/mol. The number of aliphatic hydroxyl groups excluding tert-OH is 1. The Morgan fingerprint density at radius 2 is 1.20 bits per heavy atom. The Morgan fingerprint density at radius 3 is 1.51 bits per heavy atom. The number of allylic oxidation sites excluding steroid dienone is 2. The molecule has 5 N–H and O–H groups in total. The molecule has 2 saturated heterocycles. The molecule has 2 aliphatic rings. The van der Waals surface area contributed by atoms with Crippen molar-refractivity contribution in [1.29, 1.82) is 0 Å². The SMILES string of the molecule is C=CCC1(C(=O)O)CCCN(C(=O)OC(C)(C)C)C1.C=CCC1(C(=O)O)CCCN(C(=O)OC(C)(C)C)C1.N[C@@H](CO)Cc1ccccc1. The molecule has 0 aromatic heterocycles. The van der Waals surface area contributed by atoms with Gasteiger partial charge in [-0.3, -0.25) is 9.59 Å². The number of ether oxygens (including phenoxy) is 2. The van der Waals surface area contributed by atoms with Crippen molar-refractivity contribution in [2.75, 3.05) is 32.8 Å². The molecule has 2 unspecified atom stereocenters. The molecule has 1 aromatic carbocycles. The molecule has 1 aromatic rings. The summed E-state index contributed by atoms with van der Waals surface area (Å²) in [6.45, 7) is 19.5. The zero-order valence-corrected chi connectivity index (χ0v) is 30.3. The summed E-state index contributed by atoms with van der Waals surface area (Å²) in [5.74, 6) is -1.75. The van der Waals surface area contributed by atoms with Gasteiger partial charge in [-0.05, 0) is 92.1 Å². The Bertz CT molecular complexity index is 1170. The van der Waals surface area contributed by atoms with E-state index >= 15 is 0 Å². The van der Waals surface area contributed by atoms with Gasteiger partial charge in [-0.15, -0.1) is 13.2 Å². The fourth-order valence-electron chi connectivity index (χ4n) is 5.62. The van der Waals surface area contributed by atoms with Gasteiger partial charge in [0.15, 0.2) is 0 Å². The topological polar surface area (TPSA) is 180 Å². The van der Waals surface area contributed by atoms with E-state index in [0.717, 1.165) is 6.42 Å². The van der Waals surface area contributed by atoms with Gasteiger partial charge in [0.2, 0.25) is 0 Å². The number of hydrogen-bond donors (Lipinski definition) is 4. The van der Waals surface area contributed by atoms with Crippen LogP contribution in [0, 0.1) is 10.8 Å². The minimum absolute atomic E-state index is 0.0505. The maximum absolute atomic E-state index is 12.0. The Kier molecular flexibility index (Phi) is 17.0. The van der Waals surface area contributed by atoms with Gasteiger partial charge in [-0.1, -0.05) is 42.5 Å². The Labute approximate surface area is 291 Å². The van der Waals surface area contributed by atoms with Crippen molar-refractivity contribution < 1.29 is 44.0 Å². The van der Waals surface area contributed by atoms with Crippen LogP contribution in [-0.2, 0) is 25.5 Å². The third kappa shape index (κ3) is 15.0. The monoisotopic (exact) mass is 689 g/mol. The highest BCUT2D eigenvalue weighted by molar-refractivity contribution is 5.78. The number of likely N-dealkylation sites (tertiary alicyclic amines) is 2. The van der Waals surface area contributed by atoms with E-state index in [4.69, 9.17) is 20.3 Å². The highest BCUT2D eigenvalue weighted by Gasteiger charge is 2.44. The number of aliphatic hydroxyl groups is 1. The molecule has 0 radical (unpaired) electrons. The first-order valence-corrected chi connectivity index (χ1v) is 16.8. The third-order valence-electron chi connectivity index (χ3n) is 8.01. The summed E-state index contributed by atoms with van der Waals surface area (Å²) < 4.78 is 10.6. The number of piperidine rings is 2. The lowest BCUT2D eigenvalue weighted by atomic mass is 9.77. The molecule has 49 heavy (non-hydrogen) atoms. The molecule has 0 bridgehead atoms.